The highest BCUT2D eigenvalue weighted by Gasteiger charge is 2.41. The molecule has 4 rings (SSSR count). The van der Waals surface area contributed by atoms with Crippen LogP contribution in [0.15, 0.2) is 22.8 Å². The maximum Gasteiger partial charge on any atom is 0.153 e. The molecule has 0 aliphatic carbocycles. The highest BCUT2D eigenvalue weighted by molar-refractivity contribution is 5.00. The van der Waals surface area contributed by atoms with Gasteiger partial charge in [0.2, 0.25) is 0 Å². The number of ether oxygens (including phenoxy) is 1. The predicted octanol–water partition coefficient (Wildman–Crippen LogP) is 1.79. The Labute approximate surface area is 129 Å². The maximum absolute atomic E-state index is 6.05. The molecular weight excluding hydrogens is 280 g/mol. The van der Waals surface area contributed by atoms with Gasteiger partial charge < -0.3 is 9.15 Å². The Morgan fingerprint density at radius 2 is 2.41 bits per heavy atom. The summed E-state index contributed by atoms with van der Waals surface area (Å²) in [4.78, 5) is 6.88. The molecule has 1 N–H and O–H groups in total. The summed E-state index contributed by atoms with van der Waals surface area (Å²) in [6.07, 6.45) is 4.02. The second kappa shape index (κ2) is 5.85. The molecule has 6 nitrogen and oxygen atoms in total. The summed E-state index contributed by atoms with van der Waals surface area (Å²) in [7, 11) is 0. The van der Waals surface area contributed by atoms with Crippen molar-refractivity contribution in [3.05, 3.63) is 35.8 Å². The zero-order chi connectivity index (χ0) is 14.9. The minimum Gasteiger partial charge on any atom is -0.468 e. The number of likely N-dealkylation sites (tertiary alicyclic amines) is 1. The van der Waals surface area contributed by atoms with Gasteiger partial charge in [-0.25, -0.2) is 4.98 Å². The minimum absolute atomic E-state index is 0.269. The normalized spacial score (nSPS) is 28.9. The SMILES string of the molecule is Cc1nc(C[C@@H]2OC[C@H]3CN(Cc4ccco4)CC[C@H]32)n[nH]1. The molecular formula is C16H22N4O2. The number of H-pyrrole nitrogens is 1. The first-order chi connectivity index (χ1) is 10.8. The van der Waals surface area contributed by atoms with Crippen molar-refractivity contribution in [2.45, 2.75) is 32.4 Å². The maximum atomic E-state index is 6.05. The third-order valence-electron chi connectivity index (χ3n) is 4.87. The van der Waals surface area contributed by atoms with E-state index in [1.54, 1.807) is 6.26 Å². The lowest BCUT2D eigenvalue weighted by Crippen LogP contribution is -2.41. The largest absolute Gasteiger partial charge is 0.468 e. The van der Waals surface area contributed by atoms with Gasteiger partial charge in [-0.05, 0) is 37.9 Å². The molecule has 2 saturated heterocycles. The van der Waals surface area contributed by atoms with Gasteiger partial charge in [0.1, 0.15) is 11.6 Å². The first kappa shape index (κ1) is 14.0. The summed E-state index contributed by atoms with van der Waals surface area (Å²) in [5, 5.41) is 7.15. The van der Waals surface area contributed by atoms with Gasteiger partial charge in [-0.2, -0.15) is 5.10 Å². The Balaban J connectivity index is 1.35. The van der Waals surface area contributed by atoms with Crippen LogP contribution in [0.5, 0.6) is 0 Å². The van der Waals surface area contributed by atoms with Crippen LogP contribution in [0.4, 0.5) is 0 Å². The first-order valence-electron chi connectivity index (χ1n) is 8.02. The Hall–Kier alpha value is -1.66. The lowest BCUT2D eigenvalue weighted by atomic mass is 9.83. The number of piperidine rings is 1. The van der Waals surface area contributed by atoms with E-state index in [0.717, 1.165) is 50.1 Å². The third kappa shape index (κ3) is 2.80. The van der Waals surface area contributed by atoms with E-state index < -0.39 is 0 Å². The quantitative estimate of drug-likeness (QED) is 0.932. The fraction of sp³-hybridized carbons (Fsp3) is 0.625. The van der Waals surface area contributed by atoms with E-state index in [4.69, 9.17) is 9.15 Å². The van der Waals surface area contributed by atoms with E-state index in [2.05, 4.69) is 20.1 Å². The van der Waals surface area contributed by atoms with Crippen LogP contribution in [0.1, 0.15) is 23.8 Å². The minimum atomic E-state index is 0.269. The summed E-state index contributed by atoms with van der Waals surface area (Å²) in [5.74, 6) is 4.05. The van der Waals surface area contributed by atoms with Crippen LogP contribution in [0.3, 0.4) is 0 Å². The number of furan rings is 1. The van der Waals surface area contributed by atoms with E-state index in [1.807, 2.05) is 19.1 Å². The van der Waals surface area contributed by atoms with Crippen molar-refractivity contribution in [1.29, 1.82) is 0 Å². The smallest absolute Gasteiger partial charge is 0.153 e. The lowest BCUT2D eigenvalue weighted by Gasteiger charge is -2.35. The van der Waals surface area contributed by atoms with E-state index in [9.17, 15) is 0 Å². The van der Waals surface area contributed by atoms with Crippen LogP contribution in [-0.2, 0) is 17.7 Å². The molecule has 0 aromatic carbocycles. The molecule has 4 heterocycles. The highest BCUT2D eigenvalue weighted by Crippen LogP contribution is 2.36. The number of nitrogens with zero attached hydrogens (tertiary/aromatic N) is 3. The number of fused-ring (bicyclic) bond motifs is 1. The molecule has 2 aromatic rings. The highest BCUT2D eigenvalue weighted by atomic mass is 16.5. The van der Waals surface area contributed by atoms with E-state index in [-0.39, 0.29) is 6.10 Å². The van der Waals surface area contributed by atoms with Gasteiger partial charge in [-0.3, -0.25) is 10.00 Å². The monoisotopic (exact) mass is 302 g/mol. The van der Waals surface area contributed by atoms with Crippen molar-refractivity contribution in [3.63, 3.8) is 0 Å². The van der Waals surface area contributed by atoms with Gasteiger partial charge in [0.15, 0.2) is 5.82 Å². The zero-order valence-electron chi connectivity index (χ0n) is 12.9. The Morgan fingerprint density at radius 1 is 1.45 bits per heavy atom. The Kier molecular flexibility index (Phi) is 3.72. The van der Waals surface area contributed by atoms with Crippen molar-refractivity contribution in [1.82, 2.24) is 20.1 Å². The van der Waals surface area contributed by atoms with Crippen molar-refractivity contribution in [3.8, 4) is 0 Å². The van der Waals surface area contributed by atoms with E-state index in [0.29, 0.717) is 11.8 Å². The molecule has 0 spiro atoms. The van der Waals surface area contributed by atoms with E-state index >= 15 is 0 Å². The fourth-order valence-corrected chi connectivity index (χ4v) is 3.80. The average Bonchev–Trinajstić information content (AvgIpc) is 3.23. The molecule has 0 bridgehead atoms. The second-order valence-corrected chi connectivity index (χ2v) is 6.44. The Morgan fingerprint density at radius 3 is 3.18 bits per heavy atom. The third-order valence-corrected chi connectivity index (χ3v) is 4.87. The van der Waals surface area contributed by atoms with Crippen LogP contribution in [-0.4, -0.2) is 45.9 Å². The Bertz CT molecular complexity index is 609. The molecule has 0 saturated carbocycles. The molecule has 0 radical (unpaired) electrons. The van der Waals surface area contributed by atoms with Gasteiger partial charge in [0.05, 0.1) is 25.5 Å². The summed E-state index contributed by atoms with van der Waals surface area (Å²) in [6.45, 7) is 5.89. The molecule has 3 atom stereocenters. The van der Waals surface area contributed by atoms with Gasteiger partial charge in [-0.1, -0.05) is 0 Å². The molecule has 0 unspecified atom stereocenters. The number of aromatic amines is 1. The summed E-state index contributed by atoms with van der Waals surface area (Å²) in [5.41, 5.74) is 0. The van der Waals surface area contributed by atoms with Gasteiger partial charge >= 0.3 is 0 Å². The van der Waals surface area contributed by atoms with Gasteiger partial charge in [-0.15, -0.1) is 0 Å². The van der Waals surface area contributed by atoms with Crippen molar-refractivity contribution >= 4 is 0 Å². The molecule has 2 aliphatic rings. The molecule has 118 valence electrons. The lowest BCUT2D eigenvalue weighted by molar-refractivity contribution is 0.0828. The van der Waals surface area contributed by atoms with Crippen LogP contribution < -0.4 is 0 Å². The van der Waals surface area contributed by atoms with Gasteiger partial charge in [0, 0.05) is 18.9 Å². The standard InChI is InChI=1S/C16H22N4O2/c1-11-17-16(19-18-11)7-15-14-4-5-20(8-12(14)10-22-15)9-13-3-2-6-21-13/h2-3,6,12,14-15H,4-5,7-10H2,1H3,(H,17,18,19)/t12-,14-,15+/m1/s1. The number of aromatic nitrogens is 3. The predicted molar refractivity (Wildman–Crippen MR) is 80.1 cm³/mol. The fourth-order valence-electron chi connectivity index (χ4n) is 3.80. The number of hydrogen-bond donors (Lipinski definition) is 1. The van der Waals surface area contributed by atoms with Crippen LogP contribution >= 0.6 is 0 Å². The van der Waals surface area contributed by atoms with Crippen LogP contribution in [0.2, 0.25) is 0 Å². The number of rotatable bonds is 4. The van der Waals surface area contributed by atoms with Crippen molar-refractivity contribution in [2.24, 2.45) is 11.8 Å². The number of nitrogens with one attached hydrogen (secondary N) is 1. The van der Waals surface area contributed by atoms with Crippen molar-refractivity contribution < 1.29 is 9.15 Å². The average molecular weight is 302 g/mol. The summed E-state index contributed by atoms with van der Waals surface area (Å²) < 4.78 is 11.5. The molecule has 22 heavy (non-hydrogen) atoms. The summed E-state index contributed by atoms with van der Waals surface area (Å²) in [6, 6.07) is 4.00. The molecule has 6 heteroatoms. The molecule has 2 fully saturated rings. The zero-order valence-corrected chi connectivity index (χ0v) is 12.9. The first-order valence-corrected chi connectivity index (χ1v) is 8.02. The molecule has 0 amide bonds. The topological polar surface area (TPSA) is 67.2 Å². The molecule has 2 aliphatic heterocycles. The van der Waals surface area contributed by atoms with Gasteiger partial charge in [0.25, 0.3) is 0 Å². The van der Waals surface area contributed by atoms with Crippen LogP contribution in [0, 0.1) is 18.8 Å². The van der Waals surface area contributed by atoms with Crippen molar-refractivity contribution in [2.75, 3.05) is 19.7 Å². The second-order valence-electron chi connectivity index (χ2n) is 6.44. The number of hydrogen-bond acceptors (Lipinski definition) is 5. The number of aryl methyl sites for hydroxylation is 1. The molecule has 2 aromatic heterocycles. The van der Waals surface area contributed by atoms with Crippen LogP contribution in [0.25, 0.3) is 0 Å². The van der Waals surface area contributed by atoms with E-state index in [1.165, 1.54) is 6.42 Å². The summed E-state index contributed by atoms with van der Waals surface area (Å²) >= 11 is 0.